The first kappa shape index (κ1) is 13.6. The van der Waals surface area contributed by atoms with Crippen LogP contribution in [0.5, 0.6) is 17.4 Å². The number of hydrogen-bond donors (Lipinski definition) is 1. The van der Waals surface area contributed by atoms with Crippen molar-refractivity contribution in [1.82, 2.24) is 15.3 Å². The summed E-state index contributed by atoms with van der Waals surface area (Å²) in [6.07, 6.45) is 1.72. The molecular weight excluding hydrogens is 268 g/mol. The number of ether oxygens (including phenoxy) is 2. The molecule has 2 aromatic rings. The van der Waals surface area contributed by atoms with Crippen LogP contribution in [0.15, 0.2) is 36.5 Å². The third-order valence-corrected chi connectivity index (χ3v) is 3.30. The molecule has 0 atom stereocenters. The van der Waals surface area contributed by atoms with Crippen molar-refractivity contribution < 1.29 is 9.47 Å². The number of rotatable bonds is 4. The van der Waals surface area contributed by atoms with E-state index < -0.39 is 0 Å². The molecule has 0 bridgehead atoms. The first-order valence-corrected chi connectivity index (χ1v) is 6.96. The van der Waals surface area contributed by atoms with Gasteiger partial charge in [-0.25, -0.2) is 4.98 Å². The van der Waals surface area contributed by atoms with Crippen molar-refractivity contribution in [2.45, 2.75) is 0 Å². The van der Waals surface area contributed by atoms with E-state index in [4.69, 9.17) is 9.47 Å². The Morgan fingerprint density at radius 1 is 1.10 bits per heavy atom. The van der Waals surface area contributed by atoms with Crippen LogP contribution < -0.4 is 19.7 Å². The van der Waals surface area contributed by atoms with Crippen LogP contribution in [0.25, 0.3) is 0 Å². The SMILES string of the molecule is COc1ccccc1Oc1ccnc(N2CCNCC2)n1. The van der Waals surface area contributed by atoms with E-state index in [1.165, 1.54) is 0 Å². The van der Waals surface area contributed by atoms with Crippen LogP contribution in [0.3, 0.4) is 0 Å². The minimum absolute atomic E-state index is 0.517. The Bertz CT molecular complexity index is 600. The van der Waals surface area contributed by atoms with Crippen LogP contribution in [0.2, 0.25) is 0 Å². The number of aromatic nitrogens is 2. The Kier molecular flexibility index (Phi) is 4.16. The van der Waals surface area contributed by atoms with Crippen LogP contribution in [-0.2, 0) is 0 Å². The second-order valence-electron chi connectivity index (χ2n) is 4.68. The van der Waals surface area contributed by atoms with E-state index >= 15 is 0 Å². The maximum atomic E-state index is 5.81. The molecule has 1 N–H and O–H groups in total. The third kappa shape index (κ3) is 3.22. The summed E-state index contributed by atoms with van der Waals surface area (Å²) in [7, 11) is 1.62. The standard InChI is InChI=1S/C15H18N4O2/c1-20-12-4-2-3-5-13(12)21-14-6-7-17-15(18-14)19-10-8-16-9-11-19/h2-7,16H,8-11H2,1H3. The molecule has 6 nitrogen and oxygen atoms in total. The predicted octanol–water partition coefficient (Wildman–Crippen LogP) is 1.69. The molecule has 0 spiro atoms. The van der Waals surface area contributed by atoms with E-state index in [1.807, 2.05) is 24.3 Å². The molecule has 0 radical (unpaired) electrons. The van der Waals surface area contributed by atoms with Crippen molar-refractivity contribution in [3.8, 4) is 17.4 Å². The molecule has 3 rings (SSSR count). The number of nitrogens with one attached hydrogen (secondary N) is 1. The fraction of sp³-hybridized carbons (Fsp3) is 0.333. The summed E-state index contributed by atoms with van der Waals surface area (Å²) in [4.78, 5) is 10.9. The van der Waals surface area contributed by atoms with Gasteiger partial charge in [0.15, 0.2) is 11.5 Å². The summed E-state index contributed by atoms with van der Waals surface area (Å²) in [6, 6.07) is 9.26. The van der Waals surface area contributed by atoms with E-state index in [2.05, 4.69) is 20.2 Å². The van der Waals surface area contributed by atoms with Crippen molar-refractivity contribution >= 4 is 5.95 Å². The Balaban J connectivity index is 1.79. The quantitative estimate of drug-likeness (QED) is 0.923. The molecule has 1 fully saturated rings. The van der Waals surface area contributed by atoms with Crippen molar-refractivity contribution in [2.75, 3.05) is 38.2 Å². The highest BCUT2D eigenvalue weighted by atomic mass is 16.5. The Hall–Kier alpha value is -2.34. The number of methoxy groups -OCH3 is 1. The second kappa shape index (κ2) is 6.41. The lowest BCUT2D eigenvalue weighted by Gasteiger charge is -2.27. The molecule has 1 aromatic heterocycles. The largest absolute Gasteiger partial charge is 0.493 e. The normalized spacial score (nSPS) is 14.8. The smallest absolute Gasteiger partial charge is 0.228 e. The van der Waals surface area contributed by atoms with Gasteiger partial charge in [-0.05, 0) is 12.1 Å². The number of para-hydroxylation sites is 2. The molecule has 1 aromatic carbocycles. The van der Waals surface area contributed by atoms with Gasteiger partial charge < -0.3 is 19.7 Å². The van der Waals surface area contributed by atoms with E-state index in [0.29, 0.717) is 23.3 Å². The summed E-state index contributed by atoms with van der Waals surface area (Å²) in [6.45, 7) is 3.69. The average molecular weight is 286 g/mol. The van der Waals surface area contributed by atoms with Crippen LogP contribution in [0.4, 0.5) is 5.95 Å². The molecule has 1 aliphatic rings. The number of nitrogens with zero attached hydrogens (tertiary/aromatic N) is 3. The highest BCUT2D eigenvalue weighted by Gasteiger charge is 2.14. The summed E-state index contributed by atoms with van der Waals surface area (Å²) in [5, 5.41) is 3.31. The molecular formula is C15H18N4O2. The van der Waals surface area contributed by atoms with Crippen LogP contribution in [-0.4, -0.2) is 43.3 Å². The van der Waals surface area contributed by atoms with Gasteiger partial charge >= 0.3 is 0 Å². The average Bonchev–Trinajstić information content (AvgIpc) is 2.56. The lowest BCUT2D eigenvalue weighted by molar-refractivity contribution is 0.374. The molecule has 2 heterocycles. The summed E-state index contributed by atoms with van der Waals surface area (Å²) >= 11 is 0. The molecule has 1 aliphatic heterocycles. The predicted molar refractivity (Wildman–Crippen MR) is 80.2 cm³/mol. The first-order chi connectivity index (χ1) is 10.4. The monoisotopic (exact) mass is 286 g/mol. The van der Waals surface area contributed by atoms with Gasteiger partial charge in [0.25, 0.3) is 0 Å². The van der Waals surface area contributed by atoms with Crippen LogP contribution >= 0.6 is 0 Å². The summed E-state index contributed by atoms with van der Waals surface area (Å²) < 4.78 is 11.1. The zero-order valence-corrected chi connectivity index (χ0v) is 12.0. The number of anilines is 1. The summed E-state index contributed by atoms with van der Waals surface area (Å²) in [5.74, 6) is 2.54. The lowest BCUT2D eigenvalue weighted by atomic mass is 10.3. The van der Waals surface area contributed by atoms with E-state index in [1.54, 1.807) is 19.4 Å². The van der Waals surface area contributed by atoms with E-state index in [0.717, 1.165) is 26.2 Å². The number of piperazine rings is 1. The molecule has 6 heteroatoms. The number of benzene rings is 1. The van der Waals surface area contributed by atoms with Gasteiger partial charge in [-0.15, -0.1) is 0 Å². The Morgan fingerprint density at radius 3 is 2.62 bits per heavy atom. The number of hydrogen-bond acceptors (Lipinski definition) is 6. The minimum Gasteiger partial charge on any atom is -0.493 e. The van der Waals surface area contributed by atoms with Crippen LogP contribution in [0, 0.1) is 0 Å². The molecule has 21 heavy (non-hydrogen) atoms. The van der Waals surface area contributed by atoms with Crippen molar-refractivity contribution in [1.29, 1.82) is 0 Å². The van der Waals surface area contributed by atoms with E-state index in [-0.39, 0.29) is 0 Å². The van der Waals surface area contributed by atoms with Crippen molar-refractivity contribution in [2.24, 2.45) is 0 Å². The maximum absolute atomic E-state index is 5.81. The molecule has 0 aliphatic carbocycles. The van der Waals surface area contributed by atoms with Gasteiger partial charge in [0.1, 0.15) is 0 Å². The van der Waals surface area contributed by atoms with Gasteiger partial charge in [0, 0.05) is 38.4 Å². The lowest BCUT2D eigenvalue weighted by Crippen LogP contribution is -2.44. The van der Waals surface area contributed by atoms with Crippen molar-refractivity contribution in [3.05, 3.63) is 36.5 Å². The highest BCUT2D eigenvalue weighted by molar-refractivity contribution is 5.42. The molecule has 0 saturated carbocycles. The third-order valence-electron chi connectivity index (χ3n) is 3.30. The molecule has 110 valence electrons. The Labute approximate surface area is 123 Å². The molecule has 0 unspecified atom stereocenters. The van der Waals surface area contributed by atoms with Gasteiger partial charge in [-0.2, -0.15) is 4.98 Å². The van der Waals surface area contributed by atoms with Gasteiger partial charge in [-0.3, -0.25) is 0 Å². The fourth-order valence-corrected chi connectivity index (χ4v) is 2.22. The Morgan fingerprint density at radius 2 is 1.86 bits per heavy atom. The molecule has 1 saturated heterocycles. The fourth-order valence-electron chi connectivity index (χ4n) is 2.22. The van der Waals surface area contributed by atoms with E-state index in [9.17, 15) is 0 Å². The van der Waals surface area contributed by atoms with Crippen molar-refractivity contribution in [3.63, 3.8) is 0 Å². The summed E-state index contributed by atoms with van der Waals surface area (Å²) in [5.41, 5.74) is 0. The zero-order valence-electron chi connectivity index (χ0n) is 12.0. The minimum atomic E-state index is 0.517. The van der Waals surface area contributed by atoms with Gasteiger partial charge in [0.05, 0.1) is 7.11 Å². The van der Waals surface area contributed by atoms with Gasteiger partial charge in [-0.1, -0.05) is 12.1 Å². The van der Waals surface area contributed by atoms with Crippen LogP contribution in [0.1, 0.15) is 0 Å². The van der Waals surface area contributed by atoms with Gasteiger partial charge in [0.2, 0.25) is 11.8 Å². The second-order valence-corrected chi connectivity index (χ2v) is 4.68. The molecule has 0 amide bonds. The first-order valence-electron chi connectivity index (χ1n) is 6.96. The maximum Gasteiger partial charge on any atom is 0.228 e. The zero-order chi connectivity index (χ0) is 14.5. The highest BCUT2D eigenvalue weighted by Crippen LogP contribution is 2.30. The topological polar surface area (TPSA) is 59.5 Å².